The number of pyridine rings is 1. The molecule has 0 saturated carbocycles. The van der Waals surface area contributed by atoms with Crippen LogP contribution in [0.25, 0.3) is 0 Å². The Kier molecular flexibility index (Phi) is 4.06. The fourth-order valence-corrected chi connectivity index (χ4v) is 1.97. The number of nitrogens with zero attached hydrogens (tertiary/aromatic N) is 1. The fourth-order valence-electron chi connectivity index (χ4n) is 1.97. The molecule has 2 rings (SSSR count). The zero-order valence-electron chi connectivity index (χ0n) is 10.2. The Balaban J connectivity index is 2.03. The summed E-state index contributed by atoms with van der Waals surface area (Å²) in [4.78, 5) is 3.85. The Morgan fingerprint density at radius 3 is 2.32 bits per heavy atom. The smallest absolute Gasteiger partial charge is 0.126 e. The van der Waals surface area contributed by atoms with E-state index in [1.165, 1.54) is 12.1 Å². The van der Waals surface area contributed by atoms with Crippen LogP contribution >= 0.6 is 0 Å². The van der Waals surface area contributed by atoms with E-state index in [1.54, 1.807) is 18.3 Å². The lowest BCUT2D eigenvalue weighted by Gasteiger charge is -2.11. The number of hydrogen-bond donors (Lipinski definition) is 2. The summed E-state index contributed by atoms with van der Waals surface area (Å²) in [7, 11) is 0. The van der Waals surface area contributed by atoms with Crippen molar-refractivity contribution in [3.63, 3.8) is 0 Å². The molecule has 0 aliphatic carbocycles. The van der Waals surface area contributed by atoms with Crippen LogP contribution in [0.3, 0.4) is 0 Å². The highest BCUT2D eigenvalue weighted by Gasteiger charge is 2.09. The minimum absolute atomic E-state index is 0.177. The third kappa shape index (κ3) is 3.99. The van der Waals surface area contributed by atoms with Gasteiger partial charge in [0.2, 0.25) is 0 Å². The van der Waals surface area contributed by atoms with E-state index in [0.29, 0.717) is 17.8 Å². The summed E-state index contributed by atoms with van der Waals surface area (Å²) in [6, 6.07) is 6.64. The van der Waals surface area contributed by atoms with Gasteiger partial charge in [0.25, 0.3) is 0 Å². The molecule has 5 heteroatoms. The Morgan fingerprint density at radius 1 is 1.05 bits per heavy atom. The Hall–Kier alpha value is -2.01. The lowest BCUT2D eigenvalue weighted by molar-refractivity contribution is 0.175. The highest BCUT2D eigenvalue weighted by atomic mass is 19.1. The fraction of sp³-hybridized carbons (Fsp3) is 0.214. The Morgan fingerprint density at radius 2 is 1.68 bits per heavy atom. The zero-order chi connectivity index (χ0) is 13.8. The van der Waals surface area contributed by atoms with E-state index in [-0.39, 0.29) is 6.42 Å². The summed E-state index contributed by atoms with van der Waals surface area (Å²) in [5.74, 6) is -0.910. The minimum Gasteiger partial charge on any atom is -0.392 e. The van der Waals surface area contributed by atoms with Crippen LogP contribution < -0.4 is 5.73 Å². The lowest BCUT2D eigenvalue weighted by Crippen LogP contribution is -2.14. The number of aliphatic hydroxyl groups is 1. The first-order chi connectivity index (χ1) is 9.02. The summed E-state index contributed by atoms with van der Waals surface area (Å²) in [5, 5.41) is 9.92. The first kappa shape index (κ1) is 13.4. The van der Waals surface area contributed by atoms with Crippen LogP contribution in [0.15, 0.2) is 36.5 Å². The molecule has 0 aliphatic heterocycles. The predicted octanol–water partition coefficient (Wildman–Crippen LogP) is 2.09. The van der Waals surface area contributed by atoms with Gasteiger partial charge in [-0.15, -0.1) is 0 Å². The number of halogens is 2. The molecule has 0 saturated heterocycles. The van der Waals surface area contributed by atoms with E-state index in [0.717, 1.165) is 11.6 Å². The van der Waals surface area contributed by atoms with Crippen molar-refractivity contribution in [1.29, 1.82) is 0 Å². The van der Waals surface area contributed by atoms with E-state index >= 15 is 0 Å². The highest BCUT2D eigenvalue weighted by Crippen LogP contribution is 2.13. The SMILES string of the molecule is Nc1cc(CC(O)Cc2cc(F)cc(F)c2)ccn1. The van der Waals surface area contributed by atoms with Crippen molar-refractivity contribution in [2.45, 2.75) is 18.9 Å². The molecular formula is C14H14F2N2O. The molecule has 0 bridgehead atoms. The van der Waals surface area contributed by atoms with Gasteiger partial charge in [-0.3, -0.25) is 0 Å². The van der Waals surface area contributed by atoms with Crippen LogP contribution in [0.2, 0.25) is 0 Å². The van der Waals surface area contributed by atoms with E-state index in [1.807, 2.05) is 0 Å². The number of nitrogens with two attached hydrogens (primary N) is 1. The van der Waals surface area contributed by atoms with Crippen LogP contribution in [0.4, 0.5) is 14.6 Å². The summed E-state index contributed by atoms with van der Waals surface area (Å²) >= 11 is 0. The van der Waals surface area contributed by atoms with Crippen molar-refractivity contribution in [2.24, 2.45) is 0 Å². The van der Waals surface area contributed by atoms with Crippen molar-refractivity contribution in [3.8, 4) is 0 Å². The Bertz CT molecular complexity index is 555. The number of benzene rings is 1. The number of anilines is 1. The van der Waals surface area contributed by atoms with Crippen molar-refractivity contribution < 1.29 is 13.9 Å². The summed E-state index contributed by atoms with van der Waals surface area (Å²) in [6.45, 7) is 0. The summed E-state index contributed by atoms with van der Waals surface area (Å²) < 4.78 is 26.0. The van der Waals surface area contributed by atoms with E-state index < -0.39 is 17.7 Å². The van der Waals surface area contributed by atoms with Crippen LogP contribution in [0.1, 0.15) is 11.1 Å². The zero-order valence-corrected chi connectivity index (χ0v) is 10.2. The third-order valence-electron chi connectivity index (χ3n) is 2.71. The number of aliphatic hydroxyl groups excluding tert-OH is 1. The first-order valence-electron chi connectivity index (χ1n) is 5.86. The van der Waals surface area contributed by atoms with Gasteiger partial charge in [0, 0.05) is 12.3 Å². The van der Waals surface area contributed by atoms with Crippen LogP contribution in [0.5, 0.6) is 0 Å². The van der Waals surface area contributed by atoms with Gasteiger partial charge < -0.3 is 10.8 Å². The van der Waals surface area contributed by atoms with Crippen molar-refractivity contribution >= 4 is 5.82 Å². The van der Waals surface area contributed by atoms with Gasteiger partial charge in [-0.2, -0.15) is 0 Å². The summed E-state index contributed by atoms with van der Waals surface area (Å²) in [6.07, 6.45) is 1.35. The largest absolute Gasteiger partial charge is 0.392 e. The number of nitrogen functional groups attached to an aromatic ring is 1. The molecule has 0 aliphatic rings. The van der Waals surface area contributed by atoms with Crippen LogP contribution in [-0.4, -0.2) is 16.2 Å². The molecule has 0 spiro atoms. The summed E-state index contributed by atoms with van der Waals surface area (Å²) in [5.41, 5.74) is 6.79. The molecule has 19 heavy (non-hydrogen) atoms. The molecule has 100 valence electrons. The highest BCUT2D eigenvalue weighted by molar-refractivity contribution is 5.32. The molecule has 3 nitrogen and oxygen atoms in total. The van der Waals surface area contributed by atoms with Gasteiger partial charge in [-0.05, 0) is 48.2 Å². The topological polar surface area (TPSA) is 59.1 Å². The van der Waals surface area contributed by atoms with Crippen LogP contribution in [-0.2, 0) is 12.8 Å². The van der Waals surface area contributed by atoms with E-state index in [2.05, 4.69) is 4.98 Å². The van der Waals surface area contributed by atoms with Crippen LogP contribution in [0, 0.1) is 11.6 Å². The van der Waals surface area contributed by atoms with Gasteiger partial charge in [0.15, 0.2) is 0 Å². The maximum absolute atomic E-state index is 13.0. The quantitative estimate of drug-likeness (QED) is 0.889. The van der Waals surface area contributed by atoms with E-state index in [4.69, 9.17) is 5.73 Å². The Labute approximate surface area is 109 Å². The molecule has 3 N–H and O–H groups in total. The first-order valence-corrected chi connectivity index (χ1v) is 5.86. The van der Waals surface area contributed by atoms with E-state index in [9.17, 15) is 13.9 Å². The molecule has 1 unspecified atom stereocenters. The molecule has 0 radical (unpaired) electrons. The predicted molar refractivity (Wildman–Crippen MR) is 68.4 cm³/mol. The lowest BCUT2D eigenvalue weighted by atomic mass is 10.0. The molecule has 1 aromatic heterocycles. The molecule has 2 aromatic rings. The second-order valence-corrected chi connectivity index (χ2v) is 4.43. The van der Waals surface area contributed by atoms with Gasteiger partial charge in [-0.25, -0.2) is 13.8 Å². The standard InChI is InChI=1S/C14H14F2N2O/c15-11-3-10(4-12(16)8-11)6-13(19)5-9-1-2-18-14(17)7-9/h1-4,7-8,13,19H,5-6H2,(H2,17,18). The molecule has 1 atom stereocenters. The van der Waals surface area contributed by atoms with Crippen molar-refractivity contribution in [1.82, 2.24) is 4.98 Å². The van der Waals surface area contributed by atoms with Gasteiger partial charge in [-0.1, -0.05) is 0 Å². The van der Waals surface area contributed by atoms with Gasteiger partial charge in [0.05, 0.1) is 6.10 Å². The van der Waals surface area contributed by atoms with Crippen molar-refractivity contribution in [2.75, 3.05) is 5.73 Å². The monoisotopic (exact) mass is 264 g/mol. The average molecular weight is 264 g/mol. The average Bonchev–Trinajstić information content (AvgIpc) is 2.26. The van der Waals surface area contributed by atoms with Gasteiger partial charge in [0.1, 0.15) is 17.5 Å². The molecule has 0 amide bonds. The molecule has 1 heterocycles. The minimum atomic E-state index is -0.733. The van der Waals surface area contributed by atoms with Gasteiger partial charge >= 0.3 is 0 Å². The number of rotatable bonds is 4. The second kappa shape index (κ2) is 5.75. The number of aromatic nitrogens is 1. The normalized spacial score (nSPS) is 12.4. The molecule has 1 aromatic carbocycles. The third-order valence-corrected chi connectivity index (χ3v) is 2.71. The maximum atomic E-state index is 13.0. The maximum Gasteiger partial charge on any atom is 0.126 e. The second-order valence-electron chi connectivity index (χ2n) is 4.43. The molecule has 0 fully saturated rings. The number of hydrogen-bond acceptors (Lipinski definition) is 3. The van der Waals surface area contributed by atoms with Crippen molar-refractivity contribution in [3.05, 3.63) is 59.3 Å². The molecular weight excluding hydrogens is 250 g/mol.